The number of Topliss-reactive ketones (excluding diaryl/α,β-unsaturated/α-hetero) is 1. The fourth-order valence-electron chi connectivity index (χ4n) is 1.43. The summed E-state index contributed by atoms with van der Waals surface area (Å²) in [7, 11) is 0. The van der Waals surface area contributed by atoms with Gasteiger partial charge in [-0.15, -0.1) is 0 Å². The van der Waals surface area contributed by atoms with E-state index in [9.17, 15) is 9.59 Å². The number of hydrogen-bond donors (Lipinski definition) is 0. The molecule has 1 aromatic carbocycles. The molecule has 0 atom stereocenters. The zero-order valence-corrected chi connectivity index (χ0v) is 10.8. The zero-order chi connectivity index (χ0) is 13.4. The van der Waals surface area contributed by atoms with Gasteiger partial charge in [0.05, 0.1) is 13.2 Å². The number of carbonyl (C=O) groups excluding carboxylic acids is 2. The molecule has 0 saturated carbocycles. The highest BCUT2D eigenvalue weighted by Crippen LogP contribution is 2.13. The first-order chi connectivity index (χ1) is 8.63. The highest BCUT2D eigenvalue weighted by molar-refractivity contribution is 5.94. The molecule has 4 nitrogen and oxygen atoms in total. The second kappa shape index (κ2) is 7.48. The summed E-state index contributed by atoms with van der Waals surface area (Å²) in [5.74, 6) is 0.528. The fourth-order valence-corrected chi connectivity index (χ4v) is 1.43. The van der Waals surface area contributed by atoms with Gasteiger partial charge in [0.2, 0.25) is 0 Å². The molecule has 0 aromatic heterocycles. The van der Waals surface area contributed by atoms with Gasteiger partial charge in [0.25, 0.3) is 0 Å². The molecule has 0 N–H and O–H groups in total. The number of ketones is 1. The van der Waals surface area contributed by atoms with Crippen LogP contribution in [-0.2, 0) is 9.53 Å². The number of benzene rings is 1. The van der Waals surface area contributed by atoms with E-state index in [1.54, 1.807) is 31.2 Å². The van der Waals surface area contributed by atoms with E-state index < -0.39 is 0 Å². The average Bonchev–Trinajstić information content (AvgIpc) is 2.35. The topological polar surface area (TPSA) is 52.6 Å². The molecular weight excluding hydrogens is 232 g/mol. The summed E-state index contributed by atoms with van der Waals surface area (Å²) in [6.07, 6.45) is 0.979. The van der Waals surface area contributed by atoms with Crippen molar-refractivity contribution in [1.82, 2.24) is 0 Å². The Morgan fingerprint density at radius 1 is 1.17 bits per heavy atom. The van der Waals surface area contributed by atoms with Gasteiger partial charge >= 0.3 is 5.97 Å². The third kappa shape index (κ3) is 4.99. The lowest BCUT2D eigenvalue weighted by atomic mass is 10.1. The molecule has 0 radical (unpaired) electrons. The molecule has 0 saturated heterocycles. The van der Waals surface area contributed by atoms with E-state index in [1.807, 2.05) is 0 Å². The summed E-state index contributed by atoms with van der Waals surface area (Å²) < 4.78 is 10.3. The monoisotopic (exact) mass is 250 g/mol. The van der Waals surface area contributed by atoms with E-state index in [1.165, 1.54) is 6.92 Å². The molecule has 1 aromatic rings. The quantitative estimate of drug-likeness (QED) is 0.424. The van der Waals surface area contributed by atoms with Gasteiger partial charge in [-0.05, 0) is 44.5 Å². The van der Waals surface area contributed by atoms with Crippen LogP contribution in [0.5, 0.6) is 5.75 Å². The normalized spacial score (nSPS) is 9.89. The first kappa shape index (κ1) is 14.2. The summed E-state index contributed by atoms with van der Waals surface area (Å²) in [4.78, 5) is 22.1. The van der Waals surface area contributed by atoms with Gasteiger partial charge in [-0.3, -0.25) is 9.59 Å². The molecule has 4 heteroatoms. The molecule has 1 rings (SSSR count). The number of carbonyl (C=O) groups is 2. The van der Waals surface area contributed by atoms with Crippen LogP contribution in [-0.4, -0.2) is 25.0 Å². The Kier molecular flexibility index (Phi) is 5.91. The molecule has 0 fully saturated rings. The fraction of sp³-hybridized carbons (Fsp3) is 0.429. The minimum absolute atomic E-state index is 0.0314. The highest BCUT2D eigenvalue weighted by atomic mass is 16.5. The van der Waals surface area contributed by atoms with Crippen molar-refractivity contribution in [3.63, 3.8) is 0 Å². The zero-order valence-electron chi connectivity index (χ0n) is 10.8. The van der Waals surface area contributed by atoms with Crippen molar-refractivity contribution in [2.24, 2.45) is 0 Å². The second-order valence-electron chi connectivity index (χ2n) is 3.84. The van der Waals surface area contributed by atoms with Crippen LogP contribution in [0.3, 0.4) is 0 Å². The summed E-state index contributed by atoms with van der Waals surface area (Å²) in [5.41, 5.74) is 0.661. The van der Waals surface area contributed by atoms with E-state index >= 15 is 0 Å². The van der Waals surface area contributed by atoms with Gasteiger partial charge in [0.15, 0.2) is 5.78 Å². The van der Waals surface area contributed by atoms with Gasteiger partial charge in [-0.1, -0.05) is 0 Å². The van der Waals surface area contributed by atoms with Crippen molar-refractivity contribution < 1.29 is 19.1 Å². The van der Waals surface area contributed by atoms with Crippen molar-refractivity contribution in [3.8, 4) is 5.75 Å². The molecular formula is C14H18O4. The molecule has 0 heterocycles. The number of ether oxygens (including phenoxy) is 2. The Morgan fingerprint density at radius 3 is 2.39 bits per heavy atom. The van der Waals surface area contributed by atoms with Crippen molar-refractivity contribution in [1.29, 1.82) is 0 Å². The van der Waals surface area contributed by atoms with Crippen LogP contribution in [0.4, 0.5) is 0 Å². The molecule has 0 bridgehead atoms. The van der Waals surface area contributed by atoms with Crippen molar-refractivity contribution in [2.75, 3.05) is 13.2 Å². The summed E-state index contributed by atoms with van der Waals surface area (Å²) in [5, 5.41) is 0. The Hall–Kier alpha value is -1.84. The third-order valence-electron chi connectivity index (χ3n) is 2.36. The Balaban J connectivity index is 2.27. The van der Waals surface area contributed by atoms with Crippen LogP contribution in [0.1, 0.15) is 37.0 Å². The maximum atomic E-state index is 11.1. The van der Waals surface area contributed by atoms with Gasteiger partial charge in [0, 0.05) is 12.0 Å². The van der Waals surface area contributed by atoms with E-state index in [0.717, 1.165) is 0 Å². The molecule has 0 aliphatic rings. The molecule has 0 aliphatic heterocycles. The molecule has 0 amide bonds. The standard InChI is InChI=1S/C14H18O4/c1-3-17-14(16)5-4-10-18-13-8-6-12(7-9-13)11(2)15/h6-9H,3-5,10H2,1-2H3. The van der Waals surface area contributed by atoms with Crippen molar-refractivity contribution >= 4 is 11.8 Å². The number of rotatable bonds is 7. The first-order valence-corrected chi connectivity index (χ1v) is 6.03. The predicted molar refractivity (Wildman–Crippen MR) is 67.8 cm³/mol. The molecule has 0 spiro atoms. The van der Waals surface area contributed by atoms with Crippen molar-refractivity contribution in [2.45, 2.75) is 26.7 Å². The molecule has 18 heavy (non-hydrogen) atoms. The van der Waals surface area contributed by atoms with E-state index in [2.05, 4.69) is 0 Å². The van der Waals surface area contributed by atoms with Crippen molar-refractivity contribution in [3.05, 3.63) is 29.8 Å². The summed E-state index contributed by atoms with van der Waals surface area (Å²) in [6, 6.07) is 6.95. The van der Waals surface area contributed by atoms with Gasteiger partial charge < -0.3 is 9.47 Å². The predicted octanol–water partition coefficient (Wildman–Crippen LogP) is 2.61. The minimum Gasteiger partial charge on any atom is -0.494 e. The Morgan fingerprint density at radius 2 is 1.83 bits per heavy atom. The van der Waals surface area contributed by atoms with E-state index in [4.69, 9.17) is 9.47 Å². The second-order valence-corrected chi connectivity index (χ2v) is 3.84. The van der Waals surface area contributed by atoms with E-state index in [-0.39, 0.29) is 11.8 Å². The summed E-state index contributed by atoms with van der Waals surface area (Å²) >= 11 is 0. The number of hydrogen-bond acceptors (Lipinski definition) is 4. The van der Waals surface area contributed by atoms with Crippen LogP contribution in [0.2, 0.25) is 0 Å². The smallest absolute Gasteiger partial charge is 0.305 e. The Bertz CT molecular complexity index is 395. The van der Waals surface area contributed by atoms with Gasteiger partial charge in [-0.25, -0.2) is 0 Å². The van der Waals surface area contributed by atoms with Crippen LogP contribution in [0.25, 0.3) is 0 Å². The third-order valence-corrected chi connectivity index (χ3v) is 2.36. The van der Waals surface area contributed by atoms with Crippen LogP contribution >= 0.6 is 0 Å². The molecule has 0 aliphatic carbocycles. The van der Waals surface area contributed by atoms with Crippen LogP contribution in [0, 0.1) is 0 Å². The largest absolute Gasteiger partial charge is 0.494 e. The maximum absolute atomic E-state index is 11.1. The lowest BCUT2D eigenvalue weighted by molar-refractivity contribution is -0.143. The van der Waals surface area contributed by atoms with Crippen LogP contribution < -0.4 is 4.74 Å². The van der Waals surface area contributed by atoms with Gasteiger partial charge in [0.1, 0.15) is 5.75 Å². The molecule has 0 unspecified atom stereocenters. The highest BCUT2D eigenvalue weighted by Gasteiger charge is 2.02. The SMILES string of the molecule is CCOC(=O)CCCOc1ccc(C(C)=O)cc1. The lowest BCUT2D eigenvalue weighted by Gasteiger charge is -2.06. The minimum atomic E-state index is -0.201. The van der Waals surface area contributed by atoms with Crippen LogP contribution in [0.15, 0.2) is 24.3 Å². The lowest BCUT2D eigenvalue weighted by Crippen LogP contribution is -2.06. The molecule has 98 valence electrons. The van der Waals surface area contributed by atoms with E-state index in [0.29, 0.717) is 37.4 Å². The first-order valence-electron chi connectivity index (χ1n) is 6.03. The van der Waals surface area contributed by atoms with Gasteiger partial charge in [-0.2, -0.15) is 0 Å². The summed E-state index contributed by atoms with van der Waals surface area (Å²) in [6.45, 7) is 4.17. The maximum Gasteiger partial charge on any atom is 0.305 e. The Labute approximate surface area is 107 Å². The number of esters is 1. The average molecular weight is 250 g/mol.